The average Bonchev–Trinajstić information content (AvgIpc) is 2.45. The number of likely N-dealkylation sites (tertiary alicyclic amines) is 1. The van der Waals surface area contributed by atoms with E-state index in [4.69, 9.17) is 0 Å². The first-order valence-electron chi connectivity index (χ1n) is 5.51. The van der Waals surface area contributed by atoms with Crippen LogP contribution in [0.1, 0.15) is 27.2 Å². The summed E-state index contributed by atoms with van der Waals surface area (Å²) in [5.74, 6) is 0. The molecule has 0 aromatic heterocycles. The van der Waals surface area contributed by atoms with Crippen LogP contribution in [0.3, 0.4) is 0 Å². The first kappa shape index (κ1) is 12.0. The standard InChI is InChI=1S/C11H24N2O/c1-11(2,3)12(4)7-8-13-6-5-10(14)9-13/h10,14H,5-9H2,1-4H3/t10-/m0/s1. The Morgan fingerprint density at radius 1 is 1.43 bits per heavy atom. The van der Waals surface area contributed by atoms with Gasteiger partial charge in [0.1, 0.15) is 0 Å². The monoisotopic (exact) mass is 200 g/mol. The van der Waals surface area contributed by atoms with E-state index in [1.165, 1.54) is 0 Å². The van der Waals surface area contributed by atoms with Crippen LogP contribution in [0, 0.1) is 0 Å². The lowest BCUT2D eigenvalue weighted by atomic mass is 10.1. The molecule has 84 valence electrons. The number of aliphatic hydroxyl groups excluding tert-OH is 1. The van der Waals surface area contributed by atoms with E-state index in [-0.39, 0.29) is 11.6 Å². The second kappa shape index (κ2) is 4.60. The zero-order valence-corrected chi connectivity index (χ0v) is 9.95. The number of hydrogen-bond donors (Lipinski definition) is 1. The van der Waals surface area contributed by atoms with Crippen molar-refractivity contribution in [1.82, 2.24) is 9.80 Å². The third kappa shape index (κ3) is 3.56. The third-order valence-corrected chi connectivity index (χ3v) is 3.14. The molecule has 0 unspecified atom stereocenters. The van der Waals surface area contributed by atoms with Gasteiger partial charge in [0.25, 0.3) is 0 Å². The lowest BCUT2D eigenvalue weighted by molar-refractivity contribution is 0.141. The highest BCUT2D eigenvalue weighted by molar-refractivity contribution is 4.78. The van der Waals surface area contributed by atoms with Gasteiger partial charge in [-0.1, -0.05) is 0 Å². The van der Waals surface area contributed by atoms with Crippen molar-refractivity contribution in [3.8, 4) is 0 Å². The van der Waals surface area contributed by atoms with E-state index in [1.807, 2.05) is 0 Å². The van der Waals surface area contributed by atoms with Crippen molar-refractivity contribution in [1.29, 1.82) is 0 Å². The Morgan fingerprint density at radius 2 is 2.07 bits per heavy atom. The van der Waals surface area contributed by atoms with E-state index in [2.05, 4.69) is 37.6 Å². The van der Waals surface area contributed by atoms with Crippen molar-refractivity contribution in [2.45, 2.75) is 38.8 Å². The van der Waals surface area contributed by atoms with Gasteiger partial charge < -0.3 is 10.0 Å². The summed E-state index contributed by atoms with van der Waals surface area (Å²) < 4.78 is 0. The van der Waals surface area contributed by atoms with E-state index in [9.17, 15) is 5.11 Å². The molecule has 1 heterocycles. The third-order valence-electron chi connectivity index (χ3n) is 3.14. The summed E-state index contributed by atoms with van der Waals surface area (Å²) in [4.78, 5) is 4.70. The molecule has 0 saturated carbocycles. The van der Waals surface area contributed by atoms with Crippen LogP contribution in [-0.2, 0) is 0 Å². The smallest absolute Gasteiger partial charge is 0.0679 e. The molecule has 1 aliphatic rings. The molecule has 1 aliphatic heterocycles. The highest BCUT2D eigenvalue weighted by Gasteiger charge is 2.22. The Hall–Kier alpha value is -0.120. The SMILES string of the molecule is CN(CCN1CC[C@H](O)C1)C(C)(C)C. The van der Waals surface area contributed by atoms with Crippen LogP contribution in [0.4, 0.5) is 0 Å². The molecule has 3 nitrogen and oxygen atoms in total. The van der Waals surface area contributed by atoms with Crippen LogP contribution < -0.4 is 0 Å². The fourth-order valence-electron chi connectivity index (χ4n) is 1.64. The summed E-state index contributed by atoms with van der Waals surface area (Å²) in [5.41, 5.74) is 0.248. The summed E-state index contributed by atoms with van der Waals surface area (Å²) >= 11 is 0. The first-order chi connectivity index (χ1) is 6.39. The maximum Gasteiger partial charge on any atom is 0.0679 e. The molecule has 0 aromatic carbocycles. The maximum atomic E-state index is 9.37. The summed E-state index contributed by atoms with van der Waals surface area (Å²) in [7, 11) is 2.16. The summed E-state index contributed by atoms with van der Waals surface area (Å²) in [5, 5.41) is 9.37. The molecule has 1 rings (SSSR count). The normalized spacial score (nSPS) is 24.9. The van der Waals surface area contributed by atoms with Crippen LogP contribution in [0.5, 0.6) is 0 Å². The zero-order chi connectivity index (χ0) is 10.8. The molecule has 0 amide bonds. The second-order valence-electron chi connectivity index (χ2n) is 5.34. The molecule has 0 spiro atoms. The summed E-state index contributed by atoms with van der Waals surface area (Å²) in [6, 6.07) is 0. The van der Waals surface area contributed by atoms with Crippen LogP contribution in [0.15, 0.2) is 0 Å². The largest absolute Gasteiger partial charge is 0.392 e. The van der Waals surface area contributed by atoms with Gasteiger partial charge in [0, 0.05) is 31.7 Å². The van der Waals surface area contributed by atoms with Gasteiger partial charge in [-0.2, -0.15) is 0 Å². The van der Waals surface area contributed by atoms with Crippen LogP contribution in [0.2, 0.25) is 0 Å². The quantitative estimate of drug-likeness (QED) is 0.729. The Bertz CT molecular complexity index is 177. The number of hydrogen-bond acceptors (Lipinski definition) is 3. The van der Waals surface area contributed by atoms with Gasteiger partial charge in [-0.25, -0.2) is 0 Å². The molecule has 0 radical (unpaired) electrons. The first-order valence-corrected chi connectivity index (χ1v) is 5.51. The van der Waals surface area contributed by atoms with E-state index >= 15 is 0 Å². The maximum absolute atomic E-state index is 9.37. The lowest BCUT2D eigenvalue weighted by Gasteiger charge is -2.33. The lowest BCUT2D eigenvalue weighted by Crippen LogP contribution is -2.42. The van der Waals surface area contributed by atoms with Crippen molar-refractivity contribution in [2.24, 2.45) is 0 Å². The van der Waals surface area contributed by atoms with Gasteiger partial charge in [0.15, 0.2) is 0 Å². The van der Waals surface area contributed by atoms with Gasteiger partial charge in [-0.3, -0.25) is 4.90 Å². The summed E-state index contributed by atoms with van der Waals surface area (Å²) in [6.07, 6.45) is 0.856. The molecule has 0 aromatic rings. The topological polar surface area (TPSA) is 26.7 Å². The fourth-order valence-corrected chi connectivity index (χ4v) is 1.64. The van der Waals surface area contributed by atoms with E-state index in [0.29, 0.717) is 0 Å². The Kier molecular flexibility index (Phi) is 3.93. The fraction of sp³-hybridized carbons (Fsp3) is 1.00. The number of likely N-dealkylation sites (N-methyl/N-ethyl adjacent to an activating group) is 1. The Labute approximate surface area is 87.7 Å². The van der Waals surface area contributed by atoms with Crippen molar-refractivity contribution < 1.29 is 5.11 Å². The molecule has 0 aliphatic carbocycles. The van der Waals surface area contributed by atoms with E-state index in [1.54, 1.807) is 0 Å². The van der Waals surface area contributed by atoms with Crippen LogP contribution >= 0.6 is 0 Å². The van der Waals surface area contributed by atoms with Gasteiger partial charge in [0.05, 0.1) is 6.10 Å². The Balaban J connectivity index is 2.21. The molecule has 1 saturated heterocycles. The number of aliphatic hydroxyl groups is 1. The minimum atomic E-state index is -0.0880. The van der Waals surface area contributed by atoms with Crippen LogP contribution in [0.25, 0.3) is 0 Å². The number of β-amino-alcohol motifs (C(OH)–C–C–N with tert-alkyl or cyclic N) is 1. The van der Waals surface area contributed by atoms with Gasteiger partial charge >= 0.3 is 0 Å². The van der Waals surface area contributed by atoms with Crippen molar-refractivity contribution >= 4 is 0 Å². The average molecular weight is 200 g/mol. The molecular formula is C11H24N2O. The molecule has 1 fully saturated rings. The van der Waals surface area contributed by atoms with Crippen molar-refractivity contribution in [3.05, 3.63) is 0 Å². The number of nitrogens with zero attached hydrogens (tertiary/aromatic N) is 2. The highest BCUT2D eigenvalue weighted by Crippen LogP contribution is 2.12. The van der Waals surface area contributed by atoms with E-state index < -0.39 is 0 Å². The predicted octanol–water partition coefficient (Wildman–Crippen LogP) is 0.783. The van der Waals surface area contributed by atoms with E-state index in [0.717, 1.165) is 32.6 Å². The molecule has 14 heavy (non-hydrogen) atoms. The molecule has 0 bridgehead atoms. The predicted molar refractivity (Wildman–Crippen MR) is 59.4 cm³/mol. The Morgan fingerprint density at radius 3 is 2.50 bits per heavy atom. The van der Waals surface area contributed by atoms with Crippen molar-refractivity contribution in [2.75, 3.05) is 33.2 Å². The van der Waals surface area contributed by atoms with Crippen molar-refractivity contribution in [3.63, 3.8) is 0 Å². The number of rotatable bonds is 3. The molecule has 3 heteroatoms. The minimum absolute atomic E-state index is 0.0880. The van der Waals surface area contributed by atoms with Crippen LogP contribution in [-0.4, -0.2) is 59.8 Å². The molecule has 1 N–H and O–H groups in total. The summed E-state index contributed by atoms with van der Waals surface area (Å²) in [6.45, 7) is 10.8. The molecular weight excluding hydrogens is 176 g/mol. The zero-order valence-electron chi connectivity index (χ0n) is 9.95. The van der Waals surface area contributed by atoms with Gasteiger partial charge in [-0.05, 0) is 34.2 Å². The van der Waals surface area contributed by atoms with Gasteiger partial charge in [0.2, 0.25) is 0 Å². The minimum Gasteiger partial charge on any atom is -0.392 e. The molecule has 1 atom stereocenters. The van der Waals surface area contributed by atoms with Gasteiger partial charge in [-0.15, -0.1) is 0 Å². The highest BCUT2D eigenvalue weighted by atomic mass is 16.3. The second-order valence-corrected chi connectivity index (χ2v) is 5.34.